The molecule has 2 N–H and O–H groups in total. The minimum atomic E-state index is 0.706. The van der Waals surface area contributed by atoms with Gasteiger partial charge >= 0.3 is 0 Å². The summed E-state index contributed by atoms with van der Waals surface area (Å²) >= 11 is 0. The molecule has 1 saturated carbocycles. The number of anilines is 1. The highest BCUT2D eigenvalue weighted by molar-refractivity contribution is 5.42. The van der Waals surface area contributed by atoms with Crippen molar-refractivity contribution < 1.29 is 0 Å². The van der Waals surface area contributed by atoms with E-state index in [0.29, 0.717) is 12.1 Å². The molecule has 4 rings (SSSR count). The zero-order valence-electron chi connectivity index (χ0n) is 14.9. The zero-order chi connectivity index (χ0) is 16.9. The quantitative estimate of drug-likeness (QED) is 0.808. The van der Waals surface area contributed by atoms with Crippen LogP contribution in [0.25, 0.3) is 0 Å². The Bertz CT molecular complexity index is 635. The topological polar surface area (TPSA) is 27.3 Å². The molecule has 0 radical (unpaired) electrons. The maximum atomic E-state index is 3.90. The molecule has 0 bridgehead atoms. The SMILES string of the molecule is c1ccc(NCCN2CCC(N[C@@H]3C[C@H]3c3ccccc3)CC2)cc1. The Balaban J connectivity index is 1.13. The molecular weight excluding hydrogens is 306 g/mol. The molecule has 0 unspecified atom stereocenters. The lowest BCUT2D eigenvalue weighted by molar-refractivity contribution is 0.203. The van der Waals surface area contributed by atoms with E-state index in [2.05, 4.69) is 76.2 Å². The van der Waals surface area contributed by atoms with Crippen LogP contribution >= 0.6 is 0 Å². The molecule has 3 heteroatoms. The summed E-state index contributed by atoms with van der Waals surface area (Å²) in [6.07, 6.45) is 3.87. The Morgan fingerprint density at radius 1 is 0.880 bits per heavy atom. The zero-order valence-corrected chi connectivity index (χ0v) is 14.9. The minimum Gasteiger partial charge on any atom is -0.384 e. The van der Waals surface area contributed by atoms with Gasteiger partial charge in [0.25, 0.3) is 0 Å². The van der Waals surface area contributed by atoms with E-state index in [9.17, 15) is 0 Å². The summed E-state index contributed by atoms with van der Waals surface area (Å²) in [6, 6.07) is 22.9. The van der Waals surface area contributed by atoms with Gasteiger partial charge in [0.05, 0.1) is 0 Å². The molecule has 3 nitrogen and oxygen atoms in total. The summed E-state index contributed by atoms with van der Waals surface area (Å²) in [5.74, 6) is 0.745. The van der Waals surface area contributed by atoms with Crippen LogP contribution in [0, 0.1) is 0 Å². The standard InChI is InChI=1S/C22H29N3/c1-3-7-18(8-4-1)21-17-22(21)24-20-11-14-25(15-12-20)16-13-23-19-9-5-2-6-10-19/h1-10,20-24H,11-17H2/t21-,22+/m0/s1. The van der Waals surface area contributed by atoms with Crippen molar-refractivity contribution in [2.24, 2.45) is 0 Å². The van der Waals surface area contributed by atoms with Crippen LogP contribution in [0.15, 0.2) is 60.7 Å². The number of rotatable bonds is 7. The molecule has 2 atom stereocenters. The first kappa shape index (κ1) is 16.6. The average molecular weight is 335 g/mol. The number of nitrogens with one attached hydrogen (secondary N) is 2. The van der Waals surface area contributed by atoms with Gasteiger partial charge in [-0.3, -0.25) is 0 Å². The van der Waals surface area contributed by atoms with Crippen LogP contribution in [-0.4, -0.2) is 43.2 Å². The largest absolute Gasteiger partial charge is 0.384 e. The van der Waals surface area contributed by atoms with Crippen LogP contribution in [0.2, 0.25) is 0 Å². The highest BCUT2D eigenvalue weighted by Crippen LogP contribution is 2.41. The Kier molecular flexibility index (Phi) is 5.34. The minimum absolute atomic E-state index is 0.706. The molecule has 25 heavy (non-hydrogen) atoms. The predicted octanol–water partition coefficient (Wildman–Crippen LogP) is 3.71. The summed E-state index contributed by atoms with van der Waals surface area (Å²) in [5.41, 5.74) is 2.73. The Hall–Kier alpha value is -1.84. The first-order valence-corrected chi connectivity index (χ1v) is 9.71. The van der Waals surface area contributed by atoms with Gasteiger partial charge in [0.2, 0.25) is 0 Å². The lowest BCUT2D eigenvalue weighted by atomic mass is 10.0. The summed E-state index contributed by atoms with van der Waals surface area (Å²) in [6.45, 7) is 4.60. The Labute approximate surface area is 151 Å². The van der Waals surface area contributed by atoms with Crippen LogP contribution in [0.5, 0.6) is 0 Å². The van der Waals surface area contributed by atoms with Crippen molar-refractivity contribution in [3.63, 3.8) is 0 Å². The monoisotopic (exact) mass is 335 g/mol. The lowest BCUT2D eigenvalue weighted by Gasteiger charge is -2.32. The number of nitrogens with zero attached hydrogens (tertiary/aromatic N) is 1. The second kappa shape index (κ2) is 8.03. The van der Waals surface area contributed by atoms with E-state index in [1.807, 2.05) is 0 Å². The van der Waals surface area contributed by atoms with Crippen LogP contribution < -0.4 is 10.6 Å². The fraction of sp³-hybridized carbons (Fsp3) is 0.455. The van der Waals surface area contributed by atoms with E-state index in [1.54, 1.807) is 0 Å². The fourth-order valence-electron chi connectivity index (χ4n) is 3.99. The predicted molar refractivity (Wildman–Crippen MR) is 105 cm³/mol. The lowest BCUT2D eigenvalue weighted by Crippen LogP contribution is -2.44. The number of para-hydroxylation sites is 1. The van der Waals surface area contributed by atoms with Crippen LogP contribution in [-0.2, 0) is 0 Å². The van der Waals surface area contributed by atoms with Crippen LogP contribution in [0.4, 0.5) is 5.69 Å². The van der Waals surface area contributed by atoms with Gasteiger partial charge in [-0.2, -0.15) is 0 Å². The molecule has 2 aromatic carbocycles. The molecule has 1 aliphatic carbocycles. The van der Waals surface area contributed by atoms with E-state index in [0.717, 1.165) is 19.0 Å². The van der Waals surface area contributed by atoms with Crippen molar-refractivity contribution in [1.29, 1.82) is 0 Å². The molecule has 132 valence electrons. The third-order valence-electron chi connectivity index (χ3n) is 5.59. The Morgan fingerprint density at radius 3 is 2.28 bits per heavy atom. The van der Waals surface area contributed by atoms with E-state index in [1.165, 1.54) is 43.6 Å². The summed E-state index contributed by atoms with van der Waals surface area (Å²) in [5, 5.41) is 7.41. The van der Waals surface area contributed by atoms with Gasteiger partial charge in [-0.1, -0.05) is 48.5 Å². The van der Waals surface area contributed by atoms with Gasteiger partial charge in [-0.15, -0.1) is 0 Å². The highest BCUT2D eigenvalue weighted by Gasteiger charge is 2.39. The summed E-state index contributed by atoms with van der Waals surface area (Å²) in [4.78, 5) is 2.59. The summed E-state index contributed by atoms with van der Waals surface area (Å²) in [7, 11) is 0. The third-order valence-corrected chi connectivity index (χ3v) is 5.59. The van der Waals surface area contributed by atoms with Gasteiger partial charge in [0, 0.05) is 36.8 Å². The molecule has 2 aromatic rings. The van der Waals surface area contributed by atoms with Gasteiger partial charge in [-0.05, 0) is 50.0 Å². The number of hydrogen-bond donors (Lipinski definition) is 2. The second-order valence-corrected chi connectivity index (χ2v) is 7.43. The average Bonchev–Trinajstić information content (AvgIpc) is 3.44. The molecule has 0 amide bonds. The van der Waals surface area contributed by atoms with Gasteiger partial charge in [0.1, 0.15) is 0 Å². The van der Waals surface area contributed by atoms with Crippen LogP contribution in [0.1, 0.15) is 30.7 Å². The van der Waals surface area contributed by atoms with Crippen molar-refractivity contribution in [2.75, 3.05) is 31.5 Å². The first-order valence-electron chi connectivity index (χ1n) is 9.71. The van der Waals surface area contributed by atoms with Crippen molar-refractivity contribution in [3.05, 3.63) is 66.2 Å². The molecule has 0 spiro atoms. The highest BCUT2D eigenvalue weighted by atomic mass is 15.2. The van der Waals surface area contributed by atoms with Gasteiger partial charge in [0.15, 0.2) is 0 Å². The maximum Gasteiger partial charge on any atom is 0.0340 e. The van der Waals surface area contributed by atoms with Gasteiger partial charge in [-0.25, -0.2) is 0 Å². The maximum absolute atomic E-state index is 3.90. The second-order valence-electron chi connectivity index (χ2n) is 7.43. The molecular formula is C22H29N3. The molecule has 1 heterocycles. The smallest absolute Gasteiger partial charge is 0.0340 e. The molecule has 0 aromatic heterocycles. The first-order chi connectivity index (χ1) is 12.4. The van der Waals surface area contributed by atoms with E-state index < -0.39 is 0 Å². The summed E-state index contributed by atoms with van der Waals surface area (Å²) < 4.78 is 0. The molecule has 1 saturated heterocycles. The normalized spacial score (nSPS) is 24.2. The van der Waals surface area contributed by atoms with Crippen LogP contribution in [0.3, 0.4) is 0 Å². The van der Waals surface area contributed by atoms with Crippen molar-refractivity contribution in [1.82, 2.24) is 10.2 Å². The molecule has 1 aliphatic heterocycles. The van der Waals surface area contributed by atoms with Crippen molar-refractivity contribution in [2.45, 2.75) is 37.3 Å². The number of piperidine rings is 1. The fourth-order valence-corrected chi connectivity index (χ4v) is 3.99. The number of benzene rings is 2. The third kappa shape index (κ3) is 4.62. The van der Waals surface area contributed by atoms with E-state index in [4.69, 9.17) is 0 Å². The molecule has 2 fully saturated rings. The molecule has 2 aliphatic rings. The van der Waals surface area contributed by atoms with Crippen molar-refractivity contribution >= 4 is 5.69 Å². The van der Waals surface area contributed by atoms with Gasteiger partial charge < -0.3 is 15.5 Å². The van der Waals surface area contributed by atoms with Crippen molar-refractivity contribution in [3.8, 4) is 0 Å². The van der Waals surface area contributed by atoms with E-state index >= 15 is 0 Å². The number of hydrogen-bond acceptors (Lipinski definition) is 3. The van der Waals surface area contributed by atoms with E-state index in [-0.39, 0.29) is 0 Å². The number of likely N-dealkylation sites (tertiary alicyclic amines) is 1. The Morgan fingerprint density at radius 2 is 1.56 bits per heavy atom.